The van der Waals surface area contributed by atoms with Crippen molar-refractivity contribution in [3.63, 3.8) is 0 Å². The summed E-state index contributed by atoms with van der Waals surface area (Å²) in [5.41, 5.74) is 2.62. The van der Waals surface area contributed by atoms with Crippen LogP contribution in [0.3, 0.4) is 0 Å². The molecule has 6 heteroatoms. The second-order valence-corrected chi connectivity index (χ2v) is 10.5. The van der Waals surface area contributed by atoms with Crippen LogP contribution in [0, 0.1) is 5.92 Å². The molecule has 2 aliphatic rings. The van der Waals surface area contributed by atoms with Gasteiger partial charge in [-0.3, -0.25) is 9.79 Å². The Labute approximate surface area is 217 Å². The molecule has 0 bridgehead atoms. The van der Waals surface area contributed by atoms with Gasteiger partial charge in [0.15, 0.2) is 12.3 Å². The Hall–Kier alpha value is -3.77. The van der Waals surface area contributed by atoms with Gasteiger partial charge in [-0.15, -0.1) is 0 Å². The third-order valence-corrected chi connectivity index (χ3v) is 6.67. The molecule has 0 aliphatic carbocycles. The van der Waals surface area contributed by atoms with Gasteiger partial charge in [-0.2, -0.15) is 0 Å². The molecule has 2 aliphatic heterocycles. The second kappa shape index (κ2) is 10.3. The Bertz CT molecular complexity index is 1230. The number of carbonyl (C=O) groups is 2. The van der Waals surface area contributed by atoms with Crippen molar-refractivity contribution in [2.75, 3.05) is 6.61 Å². The SMILES string of the molecule is CC(C)(C)OC(=O)[C@H](N=C(c1ccccc1)c1ccccc1)[C@H]1C[C@H]2CO[C@H](c3ccccc3)N2C1=O. The highest BCUT2D eigenvalue weighted by atomic mass is 16.6. The summed E-state index contributed by atoms with van der Waals surface area (Å²) >= 11 is 0. The van der Waals surface area contributed by atoms with E-state index in [0.29, 0.717) is 18.7 Å². The van der Waals surface area contributed by atoms with Crippen molar-refractivity contribution in [3.8, 4) is 0 Å². The van der Waals surface area contributed by atoms with Gasteiger partial charge in [-0.05, 0) is 27.2 Å². The van der Waals surface area contributed by atoms with E-state index in [1.165, 1.54) is 0 Å². The summed E-state index contributed by atoms with van der Waals surface area (Å²) in [5.74, 6) is -1.26. The molecule has 2 saturated heterocycles. The molecule has 3 aromatic rings. The number of esters is 1. The maximum atomic E-state index is 13.9. The third-order valence-electron chi connectivity index (χ3n) is 6.67. The summed E-state index contributed by atoms with van der Waals surface area (Å²) in [6, 6.07) is 28.1. The van der Waals surface area contributed by atoms with Crippen molar-refractivity contribution < 1.29 is 19.1 Å². The highest BCUT2D eigenvalue weighted by Crippen LogP contribution is 2.41. The van der Waals surface area contributed by atoms with Gasteiger partial charge in [-0.25, -0.2) is 4.79 Å². The lowest BCUT2D eigenvalue weighted by molar-refractivity contribution is -0.160. The number of rotatable bonds is 6. The van der Waals surface area contributed by atoms with E-state index in [1.807, 2.05) is 112 Å². The Morgan fingerprint density at radius 1 is 0.919 bits per heavy atom. The Kier molecular flexibility index (Phi) is 6.94. The van der Waals surface area contributed by atoms with Gasteiger partial charge in [0.05, 0.1) is 24.3 Å². The summed E-state index contributed by atoms with van der Waals surface area (Å²) in [7, 11) is 0. The number of ether oxygens (including phenoxy) is 2. The maximum absolute atomic E-state index is 13.9. The maximum Gasteiger partial charge on any atom is 0.332 e. The minimum atomic E-state index is -0.982. The van der Waals surface area contributed by atoms with E-state index in [9.17, 15) is 9.59 Å². The number of carbonyl (C=O) groups excluding carboxylic acids is 2. The van der Waals surface area contributed by atoms with Crippen molar-refractivity contribution in [1.82, 2.24) is 4.90 Å². The normalized spacial score (nSPS) is 21.9. The predicted octanol–water partition coefficient (Wildman–Crippen LogP) is 5.18. The van der Waals surface area contributed by atoms with Crippen LogP contribution in [0.2, 0.25) is 0 Å². The van der Waals surface area contributed by atoms with E-state index in [1.54, 1.807) is 4.90 Å². The predicted molar refractivity (Wildman–Crippen MR) is 142 cm³/mol. The van der Waals surface area contributed by atoms with Crippen LogP contribution < -0.4 is 0 Å². The molecule has 0 unspecified atom stereocenters. The molecular weight excluding hydrogens is 464 g/mol. The minimum absolute atomic E-state index is 0.111. The molecular formula is C31H32N2O4. The largest absolute Gasteiger partial charge is 0.458 e. The summed E-state index contributed by atoms with van der Waals surface area (Å²) in [4.78, 5) is 34.3. The Morgan fingerprint density at radius 2 is 1.46 bits per heavy atom. The van der Waals surface area contributed by atoms with Crippen LogP contribution in [0.25, 0.3) is 0 Å². The van der Waals surface area contributed by atoms with Crippen molar-refractivity contribution >= 4 is 17.6 Å². The number of fused-ring (bicyclic) bond motifs is 1. The van der Waals surface area contributed by atoms with Crippen LogP contribution in [0.5, 0.6) is 0 Å². The van der Waals surface area contributed by atoms with Gasteiger partial charge in [-0.1, -0.05) is 91.0 Å². The fraction of sp³-hybridized carbons (Fsp3) is 0.323. The minimum Gasteiger partial charge on any atom is -0.458 e. The van der Waals surface area contributed by atoms with Crippen molar-refractivity contribution in [3.05, 3.63) is 108 Å². The molecule has 4 atom stereocenters. The van der Waals surface area contributed by atoms with Crippen molar-refractivity contribution in [1.29, 1.82) is 0 Å². The first-order valence-electron chi connectivity index (χ1n) is 12.7. The smallest absolute Gasteiger partial charge is 0.332 e. The van der Waals surface area contributed by atoms with E-state index >= 15 is 0 Å². The summed E-state index contributed by atoms with van der Waals surface area (Å²) in [6.45, 7) is 5.91. The van der Waals surface area contributed by atoms with Crippen LogP contribution in [0.15, 0.2) is 96.0 Å². The van der Waals surface area contributed by atoms with Gasteiger partial charge in [0.2, 0.25) is 5.91 Å². The van der Waals surface area contributed by atoms with Crippen LogP contribution >= 0.6 is 0 Å². The first-order valence-corrected chi connectivity index (χ1v) is 12.7. The molecule has 0 spiro atoms. The van der Waals surface area contributed by atoms with Crippen LogP contribution in [-0.2, 0) is 19.1 Å². The Morgan fingerprint density at radius 3 is 2.00 bits per heavy atom. The van der Waals surface area contributed by atoms with Gasteiger partial charge in [0, 0.05) is 16.7 Å². The molecule has 2 heterocycles. The van der Waals surface area contributed by atoms with E-state index in [-0.39, 0.29) is 11.9 Å². The zero-order valence-electron chi connectivity index (χ0n) is 21.4. The lowest BCUT2D eigenvalue weighted by atomic mass is 9.94. The molecule has 37 heavy (non-hydrogen) atoms. The Balaban J connectivity index is 1.55. The number of nitrogens with zero attached hydrogens (tertiary/aromatic N) is 2. The molecule has 0 aromatic heterocycles. The molecule has 0 saturated carbocycles. The molecule has 5 rings (SSSR count). The number of hydrogen-bond acceptors (Lipinski definition) is 5. The number of benzene rings is 3. The monoisotopic (exact) mass is 496 g/mol. The molecule has 6 nitrogen and oxygen atoms in total. The molecule has 2 fully saturated rings. The van der Waals surface area contributed by atoms with Gasteiger partial charge in [0.1, 0.15) is 5.60 Å². The summed E-state index contributed by atoms with van der Waals surface area (Å²) < 4.78 is 11.8. The molecule has 0 N–H and O–H groups in total. The molecule has 1 amide bonds. The zero-order valence-corrected chi connectivity index (χ0v) is 21.4. The average molecular weight is 497 g/mol. The third kappa shape index (κ3) is 5.35. The fourth-order valence-corrected chi connectivity index (χ4v) is 5.07. The molecule has 0 radical (unpaired) electrons. The van der Waals surface area contributed by atoms with E-state index in [4.69, 9.17) is 14.5 Å². The van der Waals surface area contributed by atoms with E-state index in [0.717, 1.165) is 16.7 Å². The number of hydrogen-bond donors (Lipinski definition) is 0. The first-order chi connectivity index (χ1) is 17.8. The summed E-state index contributed by atoms with van der Waals surface area (Å²) in [6.07, 6.45) is 0.0154. The van der Waals surface area contributed by atoms with Crippen LogP contribution in [0.4, 0.5) is 0 Å². The first kappa shape index (κ1) is 24.9. The van der Waals surface area contributed by atoms with Gasteiger partial charge in [0.25, 0.3) is 0 Å². The van der Waals surface area contributed by atoms with Gasteiger partial charge < -0.3 is 14.4 Å². The van der Waals surface area contributed by atoms with Crippen LogP contribution in [0.1, 0.15) is 50.1 Å². The highest BCUT2D eigenvalue weighted by Gasteiger charge is 2.52. The fourth-order valence-electron chi connectivity index (χ4n) is 5.07. The van der Waals surface area contributed by atoms with E-state index in [2.05, 4.69) is 0 Å². The van der Waals surface area contributed by atoms with Crippen molar-refractivity contribution in [2.45, 2.75) is 51.1 Å². The average Bonchev–Trinajstić information content (AvgIpc) is 3.45. The molecule has 3 aromatic carbocycles. The van der Waals surface area contributed by atoms with Crippen LogP contribution in [-0.4, -0.2) is 46.8 Å². The quantitative estimate of drug-likeness (QED) is 0.348. The summed E-state index contributed by atoms with van der Waals surface area (Å²) in [5, 5.41) is 0. The highest BCUT2D eigenvalue weighted by molar-refractivity contribution is 6.13. The number of amides is 1. The lowest BCUT2D eigenvalue weighted by Gasteiger charge is -2.27. The van der Waals surface area contributed by atoms with Crippen molar-refractivity contribution in [2.24, 2.45) is 10.9 Å². The standard InChI is InChI=1S/C31H32N2O4/c1-31(2,3)37-30(35)27(32-26(21-13-7-4-8-14-21)22-15-9-5-10-16-22)25-19-24-20-36-29(33(24)28(25)34)23-17-11-6-12-18-23/h4-18,24-25,27,29H,19-20H2,1-3H3/t24-,25+,27+,29+/m0/s1. The number of aliphatic imine (C=N–C) groups is 1. The van der Waals surface area contributed by atoms with Gasteiger partial charge >= 0.3 is 5.97 Å². The van der Waals surface area contributed by atoms with E-state index < -0.39 is 29.8 Å². The molecule has 190 valence electrons. The lowest BCUT2D eigenvalue weighted by Crippen LogP contribution is -2.40. The topological polar surface area (TPSA) is 68.2 Å². The zero-order chi connectivity index (χ0) is 26.0. The second-order valence-electron chi connectivity index (χ2n) is 10.5.